The van der Waals surface area contributed by atoms with Gasteiger partial charge in [-0.25, -0.2) is 0 Å². The van der Waals surface area contributed by atoms with Gasteiger partial charge in [0.2, 0.25) is 0 Å². The van der Waals surface area contributed by atoms with Crippen molar-refractivity contribution in [3.8, 4) is 11.1 Å². The lowest BCUT2D eigenvalue weighted by molar-refractivity contribution is 0.413. The van der Waals surface area contributed by atoms with Crippen molar-refractivity contribution in [3.05, 3.63) is 54.4 Å². The molecule has 0 spiro atoms. The largest absolute Gasteiger partial charge is 0.310 e. The van der Waals surface area contributed by atoms with Crippen LogP contribution in [-0.2, 0) is 0 Å². The fraction of sp³-hybridized carbons (Fsp3) is 0.312. The monoisotopic (exact) mass is 237 g/mol. The molecule has 1 aromatic carbocycles. The lowest BCUT2D eigenvalue weighted by Gasteiger charge is -2.25. The molecule has 0 saturated carbocycles. The van der Waals surface area contributed by atoms with Crippen molar-refractivity contribution in [2.24, 2.45) is 0 Å². The van der Waals surface area contributed by atoms with Crippen molar-refractivity contribution in [2.75, 3.05) is 6.54 Å². The summed E-state index contributed by atoms with van der Waals surface area (Å²) in [6.45, 7) is 1.12. The van der Waals surface area contributed by atoms with Crippen LogP contribution in [0.5, 0.6) is 0 Å². The van der Waals surface area contributed by atoms with E-state index in [0.29, 0.717) is 6.04 Å². The van der Waals surface area contributed by atoms with Gasteiger partial charge in [0.25, 0.3) is 0 Å². The first-order chi connectivity index (χ1) is 8.95. The van der Waals surface area contributed by atoms with E-state index in [4.69, 9.17) is 0 Å². The standard InChI is InChI=1S/C16H17N2/c1-2-8-15(16-9-3-4-11-18-16)14(7-1)13-6-5-10-17-12-13/h1-2,5-6,8,10,12,16,18H,3-4,9,11H2. The topological polar surface area (TPSA) is 24.9 Å². The molecule has 91 valence electrons. The first kappa shape index (κ1) is 11.4. The van der Waals surface area contributed by atoms with Gasteiger partial charge >= 0.3 is 0 Å². The van der Waals surface area contributed by atoms with Gasteiger partial charge in [-0.15, -0.1) is 0 Å². The van der Waals surface area contributed by atoms with Crippen LogP contribution in [0.1, 0.15) is 30.9 Å². The lowest BCUT2D eigenvalue weighted by Crippen LogP contribution is -2.27. The molecule has 1 aliphatic heterocycles. The zero-order valence-electron chi connectivity index (χ0n) is 10.4. The van der Waals surface area contributed by atoms with E-state index >= 15 is 0 Å². The maximum Gasteiger partial charge on any atom is 0.0346 e. The number of nitrogens with one attached hydrogen (secondary N) is 1. The number of rotatable bonds is 2. The van der Waals surface area contributed by atoms with Gasteiger partial charge < -0.3 is 5.32 Å². The second-order valence-corrected chi connectivity index (χ2v) is 4.74. The Kier molecular flexibility index (Phi) is 3.37. The second-order valence-electron chi connectivity index (χ2n) is 4.74. The highest BCUT2D eigenvalue weighted by molar-refractivity contribution is 5.66. The Morgan fingerprint density at radius 1 is 1.22 bits per heavy atom. The average Bonchev–Trinajstić information content (AvgIpc) is 2.49. The van der Waals surface area contributed by atoms with Crippen LogP contribution in [0.3, 0.4) is 0 Å². The van der Waals surface area contributed by atoms with Crippen LogP contribution in [0.25, 0.3) is 11.1 Å². The molecule has 2 aromatic rings. The van der Waals surface area contributed by atoms with E-state index in [1.165, 1.54) is 30.4 Å². The number of hydrogen-bond acceptors (Lipinski definition) is 2. The Morgan fingerprint density at radius 3 is 3.00 bits per heavy atom. The first-order valence-corrected chi connectivity index (χ1v) is 6.59. The molecule has 18 heavy (non-hydrogen) atoms. The first-order valence-electron chi connectivity index (χ1n) is 6.59. The number of pyridine rings is 1. The predicted octanol–water partition coefficient (Wildman–Crippen LogP) is 3.36. The molecular weight excluding hydrogens is 220 g/mol. The second kappa shape index (κ2) is 5.32. The van der Waals surface area contributed by atoms with Gasteiger partial charge in [-0.05, 0) is 42.6 Å². The van der Waals surface area contributed by atoms with Crippen molar-refractivity contribution in [1.29, 1.82) is 0 Å². The quantitative estimate of drug-likeness (QED) is 0.866. The molecule has 1 saturated heterocycles. The minimum absolute atomic E-state index is 0.464. The third-order valence-corrected chi connectivity index (χ3v) is 3.52. The maximum atomic E-state index is 4.21. The van der Waals surface area contributed by atoms with Gasteiger partial charge in [0, 0.05) is 24.0 Å². The maximum absolute atomic E-state index is 4.21. The zero-order valence-corrected chi connectivity index (χ0v) is 10.4. The van der Waals surface area contributed by atoms with E-state index < -0.39 is 0 Å². The smallest absolute Gasteiger partial charge is 0.0346 e. The number of aromatic nitrogens is 1. The normalized spacial score (nSPS) is 19.7. The Hall–Kier alpha value is -1.67. The van der Waals surface area contributed by atoms with Gasteiger partial charge in [-0.3, -0.25) is 4.98 Å². The number of nitrogens with zero attached hydrogens (tertiary/aromatic N) is 1. The summed E-state index contributed by atoms with van der Waals surface area (Å²) in [4.78, 5) is 4.21. The highest BCUT2D eigenvalue weighted by Gasteiger charge is 2.18. The van der Waals surface area contributed by atoms with Crippen molar-refractivity contribution in [2.45, 2.75) is 25.3 Å². The molecule has 1 radical (unpaired) electrons. The highest BCUT2D eigenvalue weighted by atomic mass is 14.9. The van der Waals surface area contributed by atoms with Crippen LogP contribution in [0, 0.1) is 6.07 Å². The molecule has 2 nitrogen and oxygen atoms in total. The van der Waals surface area contributed by atoms with Crippen molar-refractivity contribution in [1.82, 2.24) is 10.3 Å². The molecule has 2 heterocycles. The molecule has 1 fully saturated rings. The molecule has 1 aromatic heterocycles. The van der Waals surface area contributed by atoms with Crippen LogP contribution < -0.4 is 5.32 Å². The van der Waals surface area contributed by atoms with Crippen LogP contribution in [0.2, 0.25) is 0 Å². The summed E-state index contributed by atoms with van der Waals surface area (Å²) in [7, 11) is 0. The minimum atomic E-state index is 0.464. The predicted molar refractivity (Wildman–Crippen MR) is 73.1 cm³/mol. The summed E-state index contributed by atoms with van der Waals surface area (Å²) >= 11 is 0. The lowest BCUT2D eigenvalue weighted by atomic mass is 9.91. The Bertz CT molecular complexity index is 502. The number of benzene rings is 1. The summed E-state index contributed by atoms with van der Waals surface area (Å²) in [5, 5.41) is 3.61. The van der Waals surface area contributed by atoms with E-state index in [9.17, 15) is 0 Å². The molecule has 1 aliphatic rings. The molecule has 1 unspecified atom stereocenters. The summed E-state index contributed by atoms with van der Waals surface area (Å²) < 4.78 is 0. The third-order valence-electron chi connectivity index (χ3n) is 3.52. The SMILES string of the molecule is [c]1cccc(C2CCCCN2)c1-c1cccnc1. The van der Waals surface area contributed by atoms with Gasteiger partial charge in [0.05, 0.1) is 0 Å². The van der Waals surface area contributed by atoms with Crippen LogP contribution >= 0.6 is 0 Å². The minimum Gasteiger partial charge on any atom is -0.310 e. The Labute approximate surface area is 108 Å². The van der Waals surface area contributed by atoms with E-state index in [-0.39, 0.29) is 0 Å². The molecule has 0 aliphatic carbocycles. The van der Waals surface area contributed by atoms with E-state index in [0.717, 1.165) is 12.1 Å². The van der Waals surface area contributed by atoms with Crippen LogP contribution in [0.4, 0.5) is 0 Å². The number of hydrogen-bond donors (Lipinski definition) is 1. The Morgan fingerprint density at radius 2 is 2.22 bits per heavy atom. The molecule has 1 N–H and O–H groups in total. The molecule has 1 atom stereocenters. The van der Waals surface area contributed by atoms with Crippen molar-refractivity contribution in [3.63, 3.8) is 0 Å². The molecule has 2 heteroatoms. The van der Waals surface area contributed by atoms with E-state index in [1.807, 2.05) is 24.5 Å². The van der Waals surface area contributed by atoms with Gasteiger partial charge in [-0.2, -0.15) is 0 Å². The van der Waals surface area contributed by atoms with E-state index in [2.05, 4.69) is 34.6 Å². The van der Waals surface area contributed by atoms with Gasteiger partial charge in [0.1, 0.15) is 0 Å². The molecule has 0 bridgehead atoms. The summed E-state index contributed by atoms with van der Waals surface area (Å²) in [6, 6.07) is 14.2. The molecule has 3 rings (SSSR count). The summed E-state index contributed by atoms with van der Waals surface area (Å²) in [6.07, 6.45) is 7.53. The van der Waals surface area contributed by atoms with Crippen molar-refractivity contribution >= 4 is 0 Å². The van der Waals surface area contributed by atoms with Crippen LogP contribution in [-0.4, -0.2) is 11.5 Å². The Balaban J connectivity index is 1.99. The zero-order chi connectivity index (χ0) is 12.2. The molecular formula is C16H17N2. The number of piperidine rings is 1. The van der Waals surface area contributed by atoms with E-state index in [1.54, 1.807) is 0 Å². The summed E-state index contributed by atoms with van der Waals surface area (Å²) in [5.41, 5.74) is 3.69. The van der Waals surface area contributed by atoms with Crippen molar-refractivity contribution < 1.29 is 0 Å². The van der Waals surface area contributed by atoms with Crippen LogP contribution in [0.15, 0.2) is 42.7 Å². The third kappa shape index (κ3) is 2.29. The molecule has 0 amide bonds. The summed E-state index contributed by atoms with van der Waals surface area (Å²) in [5.74, 6) is 0. The van der Waals surface area contributed by atoms with Gasteiger partial charge in [-0.1, -0.05) is 30.7 Å². The highest BCUT2D eigenvalue weighted by Crippen LogP contribution is 2.31. The fourth-order valence-electron chi connectivity index (χ4n) is 2.62. The van der Waals surface area contributed by atoms with Gasteiger partial charge in [0.15, 0.2) is 0 Å². The average molecular weight is 237 g/mol. The fourth-order valence-corrected chi connectivity index (χ4v) is 2.62.